The van der Waals surface area contributed by atoms with Crippen molar-refractivity contribution >= 4 is 17.7 Å². The van der Waals surface area contributed by atoms with Crippen LogP contribution in [0.4, 0.5) is 4.39 Å². The van der Waals surface area contributed by atoms with Gasteiger partial charge < -0.3 is 9.84 Å². The number of halogens is 1. The van der Waals surface area contributed by atoms with Crippen LogP contribution < -0.4 is 5.56 Å². The smallest absolute Gasteiger partial charge is 0.316 e. The molecule has 0 aliphatic rings. The normalized spacial score (nSPS) is 10.6. The molecule has 1 N–H and O–H groups in total. The van der Waals surface area contributed by atoms with E-state index in [-0.39, 0.29) is 23.1 Å². The number of esters is 1. The minimum Gasteiger partial charge on any atom is -0.493 e. The summed E-state index contributed by atoms with van der Waals surface area (Å²) in [6.45, 7) is 3.37. The largest absolute Gasteiger partial charge is 0.493 e. The predicted octanol–water partition coefficient (Wildman–Crippen LogP) is 2.04. The lowest BCUT2D eigenvalue weighted by molar-refractivity contribution is -0.139. The molecule has 0 bridgehead atoms. The van der Waals surface area contributed by atoms with E-state index >= 15 is 0 Å². The molecule has 0 saturated heterocycles. The first-order valence-corrected chi connectivity index (χ1v) is 7.79. The average molecular weight is 338 g/mol. The van der Waals surface area contributed by atoms with Gasteiger partial charge >= 0.3 is 5.97 Å². The molecule has 0 aliphatic heterocycles. The van der Waals surface area contributed by atoms with Crippen molar-refractivity contribution in [2.24, 2.45) is 0 Å². The van der Waals surface area contributed by atoms with E-state index in [0.717, 1.165) is 11.8 Å². The summed E-state index contributed by atoms with van der Waals surface area (Å²) in [5, 5.41) is 9.87. The summed E-state index contributed by atoms with van der Waals surface area (Å²) in [6, 6.07) is 5.26. The maximum Gasteiger partial charge on any atom is 0.316 e. The van der Waals surface area contributed by atoms with Gasteiger partial charge in [0.15, 0.2) is 5.16 Å². The lowest BCUT2D eigenvalue weighted by Crippen LogP contribution is -2.24. The minimum absolute atomic E-state index is 0.0646. The van der Waals surface area contributed by atoms with Crippen LogP contribution in [-0.2, 0) is 9.53 Å². The fourth-order valence-corrected chi connectivity index (χ4v) is 2.61. The van der Waals surface area contributed by atoms with Gasteiger partial charge in [-0.05, 0) is 38.1 Å². The van der Waals surface area contributed by atoms with Crippen molar-refractivity contribution in [1.29, 1.82) is 0 Å². The van der Waals surface area contributed by atoms with Gasteiger partial charge in [-0.15, -0.1) is 0 Å². The van der Waals surface area contributed by atoms with Crippen LogP contribution in [0.5, 0.6) is 5.88 Å². The third kappa shape index (κ3) is 3.89. The molecule has 1 aromatic carbocycles. The van der Waals surface area contributed by atoms with E-state index in [1.807, 2.05) is 0 Å². The van der Waals surface area contributed by atoms with Crippen molar-refractivity contribution in [3.05, 3.63) is 46.0 Å². The molecule has 1 heterocycles. The minimum atomic E-state index is -0.490. The van der Waals surface area contributed by atoms with Crippen molar-refractivity contribution in [2.45, 2.75) is 19.0 Å². The quantitative estimate of drug-likeness (QED) is 0.510. The summed E-state index contributed by atoms with van der Waals surface area (Å²) in [5.74, 6) is -1.37. The lowest BCUT2D eigenvalue weighted by Gasteiger charge is -2.13. The Balaban J connectivity index is 2.46. The molecule has 23 heavy (non-hydrogen) atoms. The van der Waals surface area contributed by atoms with Gasteiger partial charge in [0.2, 0.25) is 5.88 Å². The molecule has 8 heteroatoms. The van der Waals surface area contributed by atoms with Gasteiger partial charge in [-0.25, -0.2) is 4.39 Å². The number of aromatic nitrogens is 2. The van der Waals surface area contributed by atoms with Crippen LogP contribution in [0.2, 0.25) is 0 Å². The molecule has 0 spiro atoms. The van der Waals surface area contributed by atoms with Gasteiger partial charge in [0.25, 0.3) is 5.56 Å². The topological polar surface area (TPSA) is 81.4 Å². The van der Waals surface area contributed by atoms with E-state index in [2.05, 4.69) is 4.98 Å². The van der Waals surface area contributed by atoms with E-state index < -0.39 is 23.2 Å². The number of carbonyl (C=O) groups is 1. The molecule has 2 rings (SSSR count). The highest BCUT2D eigenvalue weighted by molar-refractivity contribution is 7.99. The fraction of sp³-hybridized carbons (Fsp3) is 0.267. The van der Waals surface area contributed by atoms with Gasteiger partial charge in [0, 0.05) is 0 Å². The number of thioether (sulfide) groups is 1. The Bertz CT molecular complexity index is 774. The van der Waals surface area contributed by atoms with E-state index in [0.29, 0.717) is 5.69 Å². The molecular formula is C15H15FN2O4S. The molecule has 0 radical (unpaired) electrons. The van der Waals surface area contributed by atoms with Crippen LogP contribution in [0.1, 0.15) is 12.5 Å². The van der Waals surface area contributed by atoms with E-state index in [9.17, 15) is 19.1 Å². The Morgan fingerprint density at radius 3 is 2.65 bits per heavy atom. The first-order chi connectivity index (χ1) is 10.9. The SMILES string of the molecule is CCOC(=O)CSc1nc(O)c(C)c(=O)n1-c1ccc(F)cc1. The Labute approximate surface area is 135 Å². The van der Waals surface area contributed by atoms with Gasteiger partial charge in [-0.3, -0.25) is 14.2 Å². The molecule has 1 aromatic heterocycles. The van der Waals surface area contributed by atoms with Crippen LogP contribution in [0.15, 0.2) is 34.2 Å². The maximum absolute atomic E-state index is 13.1. The Morgan fingerprint density at radius 1 is 1.39 bits per heavy atom. The fourth-order valence-electron chi connectivity index (χ4n) is 1.82. The molecule has 6 nitrogen and oxygen atoms in total. The van der Waals surface area contributed by atoms with Gasteiger partial charge in [-0.1, -0.05) is 11.8 Å². The van der Waals surface area contributed by atoms with E-state index in [1.165, 1.54) is 35.8 Å². The average Bonchev–Trinajstić information content (AvgIpc) is 2.52. The number of nitrogens with zero attached hydrogens (tertiary/aromatic N) is 2. The summed E-state index contributed by atoms with van der Waals surface area (Å²) in [7, 11) is 0. The summed E-state index contributed by atoms with van der Waals surface area (Å²) in [6.07, 6.45) is 0. The van der Waals surface area contributed by atoms with Crippen LogP contribution in [0.3, 0.4) is 0 Å². The molecule has 0 amide bonds. The van der Waals surface area contributed by atoms with Crippen molar-refractivity contribution in [1.82, 2.24) is 9.55 Å². The second-order valence-corrected chi connectivity index (χ2v) is 5.50. The van der Waals surface area contributed by atoms with Gasteiger partial charge in [0.1, 0.15) is 5.82 Å². The molecule has 0 unspecified atom stereocenters. The zero-order chi connectivity index (χ0) is 17.0. The summed E-state index contributed by atoms with van der Waals surface area (Å²) < 4.78 is 19.1. The zero-order valence-corrected chi connectivity index (χ0v) is 13.4. The molecule has 0 aliphatic carbocycles. The molecular weight excluding hydrogens is 323 g/mol. The van der Waals surface area contributed by atoms with Crippen molar-refractivity contribution < 1.29 is 19.0 Å². The number of ether oxygens (including phenoxy) is 1. The third-order valence-corrected chi connectivity index (χ3v) is 3.87. The van der Waals surface area contributed by atoms with Crippen molar-refractivity contribution in [3.63, 3.8) is 0 Å². The number of carbonyl (C=O) groups excluding carboxylic acids is 1. The maximum atomic E-state index is 13.1. The van der Waals surface area contributed by atoms with Crippen molar-refractivity contribution in [3.8, 4) is 11.6 Å². The van der Waals surface area contributed by atoms with E-state index in [4.69, 9.17) is 4.74 Å². The van der Waals surface area contributed by atoms with Crippen molar-refractivity contribution in [2.75, 3.05) is 12.4 Å². The van der Waals surface area contributed by atoms with E-state index in [1.54, 1.807) is 6.92 Å². The highest BCUT2D eigenvalue weighted by atomic mass is 32.2. The predicted molar refractivity (Wildman–Crippen MR) is 83.6 cm³/mol. The first kappa shape index (κ1) is 17.0. The van der Waals surface area contributed by atoms with Crippen LogP contribution in [-0.4, -0.2) is 33.0 Å². The van der Waals surface area contributed by atoms with Crippen LogP contribution in [0.25, 0.3) is 5.69 Å². The zero-order valence-electron chi connectivity index (χ0n) is 12.6. The summed E-state index contributed by atoms with van der Waals surface area (Å²) in [4.78, 5) is 27.8. The highest BCUT2D eigenvalue weighted by Crippen LogP contribution is 2.22. The monoisotopic (exact) mass is 338 g/mol. The van der Waals surface area contributed by atoms with Crippen LogP contribution in [0, 0.1) is 12.7 Å². The second-order valence-electron chi connectivity index (χ2n) is 4.55. The summed E-state index contributed by atoms with van der Waals surface area (Å²) in [5.41, 5.74) is -0.0383. The lowest BCUT2D eigenvalue weighted by atomic mass is 10.3. The Kier molecular flexibility index (Phi) is 5.38. The third-order valence-electron chi connectivity index (χ3n) is 2.96. The Morgan fingerprint density at radius 2 is 2.04 bits per heavy atom. The number of aromatic hydroxyl groups is 1. The standard InChI is InChI=1S/C15H15FN2O4S/c1-3-22-12(19)8-23-15-17-13(20)9(2)14(21)18(15)11-6-4-10(16)5-7-11/h4-7,20H,3,8H2,1-2H3. The summed E-state index contributed by atoms with van der Waals surface area (Å²) >= 11 is 0.955. The number of hydrogen-bond donors (Lipinski definition) is 1. The molecule has 0 saturated carbocycles. The van der Waals surface area contributed by atoms with Gasteiger partial charge in [0.05, 0.1) is 23.6 Å². The number of rotatable bonds is 5. The Hall–Kier alpha value is -2.35. The molecule has 122 valence electrons. The second kappa shape index (κ2) is 7.28. The number of benzene rings is 1. The molecule has 2 aromatic rings. The molecule has 0 atom stereocenters. The van der Waals surface area contributed by atoms with Gasteiger partial charge in [-0.2, -0.15) is 4.98 Å². The highest BCUT2D eigenvalue weighted by Gasteiger charge is 2.16. The van der Waals surface area contributed by atoms with Crippen LogP contribution >= 0.6 is 11.8 Å². The number of hydrogen-bond acceptors (Lipinski definition) is 6. The molecule has 0 fully saturated rings. The first-order valence-electron chi connectivity index (χ1n) is 6.81.